The van der Waals surface area contributed by atoms with Crippen LogP contribution in [0.3, 0.4) is 0 Å². The molecule has 0 aromatic rings. The normalized spacial score (nSPS) is 31.0. The summed E-state index contributed by atoms with van der Waals surface area (Å²) in [5.74, 6) is 1.23. The topological polar surface area (TPSA) is 90.0 Å². The highest BCUT2D eigenvalue weighted by molar-refractivity contribution is 7.89. The molecule has 0 aromatic carbocycles. The lowest BCUT2D eigenvalue weighted by atomic mass is 9.76. The van der Waals surface area contributed by atoms with Crippen molar-refractivity contribution in [2.24, 2.45) is 11.8 Å². The summed E-state index contributed by atoms with van der Waals surface area (Å²) in [4.78, 5) is 31.4. The number of nitrogens with zero attached hydrogens (tertiary/aromatic N) is 3. The molecule has 4 rings (SSSR count). The van der Waals surface area contributed by atoms with Crippen molar-refractivity contribution in [1.82, 2.24) is 19.4 Å². The first kappa shape index (κ1) is 20.9. The van der Waals surface area contributed by atoms with Crippen molar-refractivity contribution in [3.63, 3.8) is 0 Å². The second-order valence-electron chi connectivity index (χ2n) is 9.25. The van der Waals surface area contributed by atoms with Crippen LogP contribution in [-0.4, -0.2) is 85.6 Å². The third-order valence-corrected chi connectivity index (χ3v) is 8.67. The number of amides is 3. The molecule has 4 heterocycles. The number of carbonyl (C=O) groups excluding carboxylic acids is 2. The molecule has 0 radical (unpaired) electrons. The van der Waals surface area contributed by atoms with Gasteiger partial charge in [0.05, 0.1) is 5.75 Å². The molecule has 0 unspecified atom stereocenters. The number of piperidine rings is 4. The van der Waals surface area contributed by atoms with E-state index in [1.54, 1.807) is 0 Å². The quantitative estimate of drug-likeness (QED) is 0.732. The average Bonchev–Trinajstić information content (AvgIpc) is 2.68. The summed E-state index contributed by atoms with van der Waals surface area (Å²) in [7, 11) is -3.21. The highest BCUT2D eigenvalue weighted by Gasteiger charge is 2.45. The highest BCUT2D eigenvalue weighted by atomic mass is 32.2. The minimum atomic E-state index is -3.21. The molecule has 2 bridgehead atoms. The van der Waals surface area contributed by atoms with Gasteiger partial charge in [-0.05, 0) is 50.4 Å². The summed E-state index contributed by atoms with van der Waals surface area (Å²) in [5, 5.41) is 0. The van der Waals surface area contributed by atoms with Gasteiger partial charge in [-0.1, -0.05) is 6.92 Å². The number of hydrogen-bond acceptors (Lipinski definition) is 4. The van der Waals surface area contributed by atoms with Crippen LogP contribution in [0.1, 0.15) is 51.9 Å². The van der Waals surface area contributed by atoms with Gasteiger partial charge in [0.1, 0.15) is 0 Å². The summed E-state index contributed by atoms with van der Waals surface area (Å²) in [6, 6.07) is 0.324. The lowest BCUT2D eigenvalue weighted by molar-refractivity contribution is -0.144. The van der Waals surface area contributed by atoms with Gasteiger partial charge in [0, 0.05) is 51.2 Å². The zero-order valence-corrected chi connectivity index (χ0v) is 18.2. The van der Waals surface area contributed by atoms with Gasteiger partial charge in [0.15, 0.2) is 0 Å². The van der Waals surface area contributed by atoms with Crippen LogP contribution in [0.4, 0.5) is 4.79 Å². The van der Waals surface area contributed by atoms with Crippen molar-refractivity contribution >= 4 is 22.0 Å². The summed E-state index contributed by atoms with van der Waals surface area (Å²) >= 11 is 0. The molecule has 9 heteroatoms. The van der Waals surface area contributed by atoms with E-state index in [1.807, 2.05) is 16.7 Å². The van der Waals surface area contributed by atoms with Crippen molar-refractivity contribution < 1.29 is 18.0 Å². The molecule has 4 fully saturated rings. The number of carbonyl (C=O) groups is 2. The molecule has 29 heavy (non-hydrogen) atoms. The van der Waals surface area contributed by atoms with Gasteiger partial charge in [-0.2, -0.15) is 0 Å². The zero-order chi connectivity index (χ0) is 20.6. The molecular weight excluding hydrogens is 392 g/mol. The van der Waals surface area contributed by atoms with Gasteiger partial charge in [0.25, 0.3) is 0 Å². The minimum Gasteiger partial charge on any atom is -0.339 e. The Morgan fingerprint density at radius 3 is 2.59 bits per heavy atom. The molecule has 0 aromatic heterocycles. The molecule has 0 spiro atoms. The molecule has 0 saturated carbocycles. The Kier molecular flexibility index (Phi) is 6.06. The lowest BCUT2D eigenvalue weighted by Crippen LogP contribution is -2.62. The Labute approximate surface area is 174 Å². The third kappa shape index (κ3) is 4.55. The maximum atomic E-state index is 13.1. The summed E-state index contributed by atoms with van der Waals surface area (Å²) in [6.45, 7) is 5.32. The van der Waals surface area contributed by atoms with Gasteiger partial charge < -0.3 is 14.7 Å². The Hall–Kier alpha value is -1.35. The predicted octanol–water partition coefficient (Wildman–Crippen LogP) is 1.23. The number of hydrogen-bond donors (Lipinski definition) is 1. The second-order valence-corrected chi connectivity index (χ2v) is 11.1. The molecule has 3 amide bonds. The SMILES string of the molecule is CCCS(=O)(=O)NC1CCN(C(=O)N2C[C@H]3C[C@H](C2)[C@H]2CCCC(=O)N2C3)CC1. The first-order valence-electron chi connectivity index (χ1n) is 11.2. The van der Waals surface area contributed by atoms with E-state index in [0.717, 1.165) is 38.9 Å². The van der Waals surface area contributed by atoms with Gasteiger partial charge in [-0.25, -0.2) is 17.9 Å². The van der Waals surface area contributed by atoms with E-state index in [2.05, 4.69) is 9.62 Å². The van der Waals surface area contributed by atoms with Gasteiger partial charge in [-0.15, -0.1) is 0 Å². The van der Waals surface area contributed by atoms with Crippen LogP contribution < -0.4 is 4.72 Å². The fourth-order valence-electron chi connectivity index (χ4n) is 5.74. The zero-order valence-electron chi connectivity index (χ0n) is 17.4. The Bertz CT molecular complexity index is 735. The van der Waals surface area contributed by atoms with Crippen molar-refractivity contribution in [3.05, 3.63) is 0 Å². The maximum absolute atomic E-state index is 13.1. The van der Waals surface area contributed by atoms with Crippen molar-refractivity contribution in [3.8, 4) is 0 Å². The number of rotatable bonds is 4. The summed E-state index contributed by atoms with van der Waals surface area (Å²) in [6.07, 6.45) is 5.77. The van der Waals surface area contributed by atoms with E-state index in [-0.39, 0.29) is 17.8 Å². The molecule has 164 valence electrons. The fraction of sp³-hybridized carbons (Fsp3) is 0.900. The molecule has 4 saturated heterocycles. The molecular formula is C20H34N4O4S. The number of sulfonamides is 1. The third-order valence-electron chi connectivity index (χ3n) is 7.03. The van der Waals surface area contributed by atoms with E-state index in [9.17, 15) is 18.0 Å². The van der Waals surface area contributed by atoms with Crippen LogP contribution in [0.25, 0.3) is 0 Å². The standard InChI is InChI=1S/C20H34N4O4S/c1-2-10-29(27,28)21-17-6-8-22(9-7-17)20(26)23-12-15-11-16(14-23)18-4-3-5-19(25)24(18)13-15/h15-18,21H,2-14H2,1H3/t15-,16-,18-/m1/s1. The second kappa shape index (κ2) is 8.41. The molecule has 3 atom stereocenters. The molecule has 4 aliphatic heterocycles. The molecule has 4 aliphatic rings. The fourth-order valence-corrected chi connectivity index (χ4v) is 7.14. The van der Waals surface area contributed by atoms with Crippen LogP contribution in [0, 0.1) is 11.8 Å². The smallest absolute Gasteiger partial charge is 0.320 e. The van der Waals surface area contributed by atoms with E-state index in [4.69, 9.17) is 0 Å². The largest absolute Gasteiger partial charge is 0.339 e. The van der Waals surface area contributed by atoms with Crippen LogP contribution in [0.2, 0.25) is 0 Å². The Morgan fingerprint density at radius 1 is 1.10 bits per heavy atom. The number of likely N-dealkylation sites (tertiary alicyclic amines) is 2. The van der Waals surface area contributed by atoms with E-state index in [1.165, 1.54) is 0 Å². The first-order chi connectivity index (χ1) is 13.9. The van der Waals surface area contributed by atoms with Gasteiger partial charge >= 0.3 is 6.03 Å². The molecule has 8 nitrogen and oxygen atoms in total. The first-order valence-corrected chi connectivity index (χ1v) is 12.8. The van der Waals surface area contributed by atoms with E-state index < -0.39 is 10.0 Å². The van der Waals surface area contributed by atoms with Crippen LogP contribution >= 0.6 is 0 Å². The highest BCUT2D eigenvalue weighted by Crippen LogP contribution is 2.38. The van der Waals surface area contributed by atoms with Gasteiger partial charge in [-0.3, -0.25) is 4.79 Å². The lowest BCUT2D eigenvalue weighted by Gasteiger charge is -2.53. The monoisotopic (exact) mass is 426 g/mol. The van der Waals surface area contributed by atoms with Crippen LogP contribution in [0.5, 0.6) is 0 Å². The number of fused-ring (bicyclic) bond motifs is 4. The van der Waals surface area contributed by atoms with Crippen molar-refractivity contribution in [2.75, 3.05) is 38.5 Å². The summed E-state index contributed by atoms with van der Waals surface area (Å²) < 4.78 is 26.8. The molecule has 0 aliphatic carbocycles. The predicted molar refractivity (Wildman–Crippen MR) is 110 cm³/mol. The van der Waals surface area contributed by atoms with Crippen LogP contribution in [-0.2, 0) is 14.8 Å². The number of urea groups is 1. The molecule has 1 N–H and O–H groups in total. The Morgan fingerprint density at radius 2 is 1.86 bits per heavy atom. The van der Waals surface area contributed by atoms with E-state index >= 15 is 0 Å². The van der Waals surface area contributed by atoms with Crippen LogP contribution in [0.15, 0.2) is 0 Å². The van der Waals surface area contributed by atoms with Crippen molar-refractivity contribution in [2.45, 2.75) is 64.0 Å². The summed E-state index contributed by atoms with van der Waals surface area (Å²) in [5.41, 5.74) is 0. The van der Waals surface area contributed by atoms with Gasteiger partial charge in [0.2, 0.25) is 15.9 Å². The Balaban J connectivity index is 1.32. The minimum absolute atomic E-state index is 0.0712. The number of nitrogens with one attached hydrogen (secondary N) is 1. The average molecular weight is 427 g/mol. The van der Waals surface area contributed by atoms with Crippen molar-refractivity contribution in [1.29, 1.82) is 0 Å². The maximum Gasteiger partial charge on any atom is 0.320 e. The van der Waals surface area contributed by atoms with E-state index in [0.29, 0.717) is 62.6 Å².